The summed E-state index contributed by atoms with van der Waals surface area (Å²) >= 11 is 0. The van der Waals surface area contributed by atoms with Crippen LogP contribution in [-0.2, 0) is 14.3 Å². The van der Waals surface area contributed by atoms with E-state index < -0.39 is 29.3 Å². The van der Waals surface area contributed by atoms with Crippen molar-refractivity contribution >= 4 is 11.8 Å². The molecular formula is C21H26F2N2O4. The van der Waals surface area contributed by atoms with E-state index in [2.05, 4.69) is 6.92 Å². The summed E-state index contributed by atoms with van der Waals surface area (Å²) < 4.78 is 39.2. The maximum absolute atomic E-state index is 14.4. The van der Waals surface area contributed by atoms with Gasteiger partial charge in [0.25, 0.3) is 5.91 Å². The van der Waals surface area contributed by atoms with Crippen LogP contribution in [0.2, 0.25) is 0 Å². The van der Waals surface area contributed by atoms with Crippen LogP contribution in [0.5, 0.6) is 0 Å². The first-order chi connectivity index (χ1) is 13.9. The number of carbonyl (C=O) groups is 2. The van der Waals surface area contributed by atoms with Gasteiger partial charge in [0.1, 0.15) is 23.4 Å². The van der Waals surface area contributed by atoms with Crippen molar-refractivity contribution in [3.05, 3.63) is 35.4 Å². The summed E-state index contributed by atoms with van der Waals surface area (Å²) in [5.41, 5.74) is -1.16. The number of amides is 2. The molecule has 1 atom stereocenters. The van der Waals surface area contributed by atoms with Gasteiger partial charge in [0.05, 0.1) is 25.4 Å². The molecule has 1 saturated carbocycles. The van der Waals surface area contributed by atoms with Crippen molar-refractivity contribution in [2.24, 2.45) is 5.92 Å². The lowest BCUT2D eigenvalue weighted by atomic mass is 9.83. The highest BCUT2D eigenvalue weighted by molar-refractivity contribution is 5.98. The van der Waals surface area contributed by atoms with Gasteiger partial charge < -0.3 is 14.4 Å². The van der Waals surface area contributed by atoms with E-state index in [4.69, 9.17) is 9.47 Å². The van der Waals surface area contributed by atoms with Crippen LogP contribution in [0.3, 0.4) is 0 Å². The van der Waals surface area contributed by atoms with Gasteiger partial charge in [-0.25, -0.2) is 8.78 Å². The van der Waals surface area contributed by atoms with Crippen LogP contribution in [0.15, 0.2) is 18.2 Å². The predicted octanol–water partition coefficient (Wildman–Crippen LogP) is 2.57. The minimum atomic E-state index is -0.932. The molecule has 0 aromatic heterocycles. The van der Waals surface area contributed by atoms with Gasteiger partial charge in [-0.05, 0) is 43.7 Å². The predicted molar refractivity (Wildman–Crippen MR) is 100 cm³/mol. The first kappa shape index (κ1) is 20.2. The molecule has 1 aromatic rings. The number of halogens is 2. The summed E-state index contributed by atoms with van der Waals surface area (Å²) in [4.78, 5) is 29.7. The molecule has 3 fully saturated rings. The summed E-state index contributed by atoms with van der Waals surface area (Å²) in [5.74, 6) is -2.02. The van der Waals surface area contributed by atoms with Gasteiger partial charge in [-0.1, -0.05) is 6.92 Å². The molecule has 2 heterocycles. The number of carbonyl (C=O) groups excluding carboxylic acids is 2. The molecule has 0 unspecified atom stereocenters. The summed E-state index contributed by atoms with van der Waals surface area (Å²) in [6, 6.07) is 2.07. The largest absolute Gasteiger partial charge is 0.378 e. The Morgan fingerprint density at radius 1 is 1.14 bits per heavy atom. The minimum absolute atomic E-state index is 0.0825. The molecule has 2 saturated heterocycles. The monoisotopic (exact) mass is 408 g/mol. The Hall–Kier alpha value is -2.06. The van der Waals surface area contributed by atoms with Crippen molar-refractivity contribution in [1.82, 2.24) is 9.80 Å². The average Bonchev–Trinajstić information content (AvgIpc) is 3.09. The number of benzene rings is 1. The zero-order chi connectivity index (χ0) is 20.6. The van der Waals surface area contributed by atoms with E-state index >= 15 is 0 Å². The second-order valence-electron chi connectivity index (χ2n) is 8.19. The van der Waals surface area contributed by atoms with Gasteiger partial charge in [-0.2, -0.15) is 0 Å². The second kappa shape index (κ2) is 7.99. The van der Waals surface area contributed by atoms with Crippen molar-refractivity contribution in [1.29, 1.82) is 0 Å². The van der Waals surface area contributed by atoms with E-state index in [1.807, 2.05) is 0 Å². The Bertz CT molecular complexity index is 789. The molecule has 2 amide bonds. The molecule has 29 heavy (non-hydrogen) atoms. The molecule has 1 aliphatic carbocycles. The zero-order valence-electron chi connectivity index (χ0n) is 16.5. The summed E-state index contributed by atoms with van der Waals surface area (Å²) in [6.45, 7) is 4.02. The fourth-order valence-corrected chi connectivity index (χ4v) is 4.56. The third-order valence-corrected chi connectivity index (χ3v) is 6.30. The van der Waals surface area contributed by atoms with Gasteiger partial charge >= 0.3 is 0 Å². The number of ether oxygens (including phenoxy) is 2. The topological polar surface area (TPSA) is 59.1 Å². The van der Waals surface area contributed by atoms with E-state index in [1.54, 1.807) is 4.90 Å². The van der Waals surface area contributed by atoms with Crippen molar-refractivity contribution in [3.8, 4) is 0 Å². The minimum Gasteiger partial charge on any atom is -0.378 e. The second-order valence-corrected chi connectivity index (χ2v) is 8.19. The number of morpholine rings is 1. The third kappa shape index (κ3) is 3.75. The molecule has 0 N–H and O–H groups in total. The molecule has 158 valence electrons. The first-order valence-corrected chi connectivity index (χ1v) is 10.2. The molecule has 8 heteroatoms. The molecular weight excluding hydrogens is 382 g/mol. The van der Waals surface area contributed by atoms with E-state index in [0.29, 0.717) is 51.1 Å². The Balaban J connectivity index is 1.67. The molecule has 4 rings (SSSR count). The van der Waals surface area contributed by atoms with E-state index in [1.165, 1.54) is 4.90 Å². The van der Waals surface area contributed by atoms with Crippen molar-refractivity contribution in [2.45, 2.75) is 44.4 Å². The Morgan fingerprint density at radius 3 is 2.48 bits per heavy atom. The highest BCUT2D eigenvalue weighted by Crippen LogP contribution is 2.43. The fourth-order valence-electron chi connectivity index (χ4n) is 4.56. The molecule has 0 radical (unpaired) electrons. The lowest BCUT2D eigenvalue weighted by Crippen LogP contribution is -2.58. The third-order valence-electron chi connectivity index (χ3n) is 6.30. The Kier molecular flexibility index (Phi) is 5.57. The summed E-state index contributed by atoms with van der Waals surface area (Å²) in [7, 11) is 0. The van der Waals surface area contributed by atoms with Gasteiger partial charge in [-0.3, -0.25) is 14.5 Å². The van der Waals surface area contributed by atoms with E-state index in [-0.39, 0.29) is 18.1 Å². The van der Waals surface area contributed by atoms with Gasteiger partial charge in [0.15, 0.2) is 0 Å². The summed E-state index contributed by atoms with van der Waals surface area (Å²) in [6.07, 6.45) is 2.90. The maximum atomic E-state index is 14.4. The van der Waals surface area contributed by atoms with Crippen molar-refractivity contribution in [2.75, 3.05) is 32.9 Å². The quantitative estimate of drug-likeness (QED) is 0.755. The lowest BCUT2D eigenvalue weighted by Gasteiger charge is -2.43. The highest BCUT2D eigenvalue weighted by atomic mass is 19.1. The fraction of sp³-hybridized carbons (Fsp3) is 0.619. The number of rotatable bonds is 2. The van der Waals surface area contributed by atoms with Gasteiger partial charge in [0.2, 0.25) is 5.91 Å². The average molecular weight is 408 g/mol. The van der Waals surface area contributed by atoms with Crippen LogP contribution in [-0.4, -0.2) is 66.3 Å². The molecule has 1 aromatic carbocycles. The summed E-state index contributed by atoms with van der Waals surface area (Å²) in [5, 5.41) is 0. The first-order valence-electron chi connectivity index (χ1n) is 10.2. The Morgan fingerprint density at radius 2 is 1.83 bits per heavy atom. The number of nitrogens with zero attached hydrogens (tertiary/aromatic N) is 2. The highest BCUT2D eigenvalue weighted by Gasteiger charge is 2.54. The van der Waals surface area contributed by atoms with Crippen molar-refractivity contribution in [3.63, 3.8) is 0 Å². The van der Waals surface area contributed by atoms with Crippen LogP contribution in [0.4, 0.5) is 8.78 Å². The van der Waals surface area contributed by atoms with Crippen LogP contribution < -0.4 is 0 Å². The van der Waals surface area contributed by atoms with E-state index in [0.717, 1.165) is 25.0 Å². The molecule has 3 aliphatic rings. The smallest absolute Gasteiger partial charge is 0.259 e. The van der Waals surface area contributed by atoms with E-state index in [9.17, 15) is 18.4 Å². The molecule has 2 aliphatic heterocycles. The molecule has 0 bridgehead atoms. The SMILES string of the molecule is CC1CCC2(CC1)OC[C@H](C(=O)N1CCOCC1)N2C(=O)c1ccc(F)cc1F. The van der Waals surface area contributed by atoms with Crippen LogP contribution in [0.1, 0.15) is 43.0 Å². The van der Waals surface area contributed by atoms with Crippen molar-refractivity contribution < 1.29 is 27.8 Å². The number of hydrogen-bond donors (Lipinski definition) is 0. The van der Waals surface area contributed by atoms with Gasteiger partial charge in [0, 0.05) is 19.2 Å². The zero-order valence-corrected chi connectivity index (χ0v) is 16.5. The Labute approximate surface area is 168 Å². The standard InChI is InChI=1S/C21H26F2N2O4/c1-14-4-6-21(7-5-14)25(19(26)16-3-2-15(22)12-17(16)23)18(13-29-21)20(27)24-8-10-28-11-9-24/h2-3,12,14,18H,4-11,13H2,1H3/t14?,18-,21?/m1/s1. The van der Waals surface area contributed by atoms with Crippen LogP contribution in [0.25, 0.3) is 0 Å². The normalized spacial score (nSPS) is 30.0. The van der Waals surface area contributed by atoms with Crippen LogP contribution >= 0.6 is 0 Å². The molecule has 6 nitrogen and oxygen atoms in total. The van der Waals surface area contributed by atoms with Crippen LogP contribution in [0, 0.1) is 17.6 Å². The van der Waals surface area contributed by atoms with Gasteiger partial charge in [-0.15, -0.1) is 0 Å². The molecule has 1 spiro atoms. The number of hydrogen-bond acceptors (Lipinski definition) is 4. The maximum Gasteiger partial charge on any atom is 0.259 e. The lowest BCUT2D eigenvalue weighted by molar-refractivity contribution is -0.141.